The van der Waals surface area contributed by atoms with Crippen molar-refractivity contribution in [1.82, 2.24) is 19.7 Å². The predicted molar refractivity (Wildman–Crippen MR) is 114 cm³/mol. The van der Waals surface area contributed by atoms with E-state index in [4.69, 9.17) is 0 Å². The van der Waals surface area contributed by atoms with E-state index in [-0.39, 0.29) is 24.3 Å². The van der Waals surface area contributed by atoms with Crippen LogP contribution in [0.3, 0.4) is 0 Å². The van der Waals surface area contributed by atoms with Crippen LogP contribution in [-0.2, 0) is 29.1 Å². The molecule has 4 rings (SSSR count). The maximum absolute atomic E-state index is 12.8. The number of carbonyl (C=O) groups is 3. The number of hydrogen-bond donors (Lipinski definition) is 0. The van der Waals surface area contributed by atoms with Gasteiger partial charge in [-0.15, -0.1) is 11.3 Å². The molecule has 7 nitrogen and oxygen atoms in total. The molecule has 8 heteroatoms. The number of piperazine rings is 1. The summed E-state index contributed by atoms with van der Waals surface area (Å²) in [5.74, 6) is -0.223. The van der Waals surface area contributed by atoms with Gasteiger partial charge in [-0.2, -0.15) is 0 Å². The lowest BCUT2D eigenvalue weighted by Crippen LogP contribution is -2.48. The summed E-state index contributed by atoms with van der Waals surface area (Å²) in [6, 6.07) is 7.24. The Labute approximate surface area is 180 Å². The Bertz CT molecular complexity index is 916. The number of carbonyl (C=O) groups excluding carboxylic acids is 3. The molecule has 0 saturated carbocycles. The van der Waals surface area contributed by atoms with Crippen molar-refractivity contribution >= 4 is 29.1 Å². The molecule has 158 valence electrons. The molecule has 0 radical (unpaired) electrons. The molecule has 0 atom stereocenters. The molecule has 1 aromatic carbocycles. The fourth-order valence-electron chi connectivity index (χ4n) is 3.84. The Balaban J connectivity index is 1.29. The minimum atomic E-state index is -0.124. The van der Waals surface area contributed by atoms with Gasteiger partial charge in [0.25, 0.3) is 5.91 Å². The van der Waals surface area contributed by atoms with E-state index in [1.165, 1.54) is 9.91 Å². The van der Waals surface area contributed by atoms with Crippen molar-refractivity contribution in [2.75, 3.05) is 26.2 Å². The Kier molecular flexibility index (Phi) is 6.24. The van der Waals surface area contributed by atoms with Gasteiger partial charge in [0.1, 0.15) is 0 Å². The van der Waals surface area contributed by atoms with Crippen molar-refractivity contribution in [3.05, 3.63) is 51.5 Å². The van der Waals surface area contributed by atoms with Crippen molar-refractivity contribution in [2.45, 2.75) is 39.3 Å². The molecule has 0 unspecified atom stereocenters. The molecular weight excluding hydrogens is 400 g/mol. The number of hydrogen-bond acceptors (Lipinski definition) is 6. The van der Waals surface area contributed by atoms with E-state index < -0.39 is 0 Å². The minimum Gasteiger partial charge on any atom is -0.336 e. The molecule has 1 aromatic heterocycles. The number of imide groups is 1. The molecule has 2 aromatic rings. The molecule has 0 spiro atoms. The topological polar surface area (TPSA) is 73.8 Å². The Morgan fingerprint density at radius 1 is 1.00 bits per heavy atom. The molecule has 0 aliphatic carbocycles. The highest BCUT2D eigenvalue weighted by atomic mass is 32.1. The zero-order valence-corrected chi connectivity index (χ0v) is 18.0. The average molecular weight is 427 g/mol. The zero-order valence-electron chi connectivity index (χ0n) is 17.2. The Hall–Kier alpha value is -2.58. The van der Waals surface area contributed by atoms with Crippen molar-refractivity contribution < 1.29 is 14.4 Å². The molecule has 2 fully saturated rings. The van der Waals surface area contributed by atoms with Gasteiger partial charge in [-0.05, 0) is 24.1 Å². The van der Waals surface area contributed by atoms with E-state index in [1.54, 1.807) is 23.5 Å². The smallest absolute Gasteiger partial charge is 0.253 e. The van der Waals surface area contributed by atoms with Crippen LogP contribution in [0.5, 0.6) is 0 Å². The number of aromatic nitrogens is 1. The number of rotatable bonds is 6. The van der Waals surface area contributed by atoms with Crippen LogP contribution in [0.1, 0.15) is 46.4 Å². The van der Waals surface area contributed by atoms with Crippen LogP contribution in [0, 0.1) is 0 Å². The lowest BCUT2D eigenvalue weighted by Gasteiger charge is -2.34. The van der Waals surface area contributed by atoms with Crippen LogP contribution in [0.25, 0.3) is 0 Å². The first-order valence-electron chi connectivity index (χ1n) is 10.4. The van der Waals surface area contributed by atoms with Gasteiger partial charge < -0.3 is 4.90 Å². The second-order valence-corrected chi connectivity index (χ2v) is 8.67. The number of benzene rings is 1. The van der Waals surface area contributed by atoms with Crippen LogP contribution in [0.2, 0.25) is 0 Å². The van der Waals surface area contributed by atoms with E-state index in [0.717, 1.165) is 37.3 Å². The van der Waals surface area contributed by atoms with Gasteiger partial charge in [0.2, 0.25) is 11.8 Å². The zero-order chi connectivity index (χ0) is 21.1. The predicted octanol–water partition coefficient (Wildman–Crippen LogP) is 2.31. The third kappa shape index (κ3) is 4.60. The average Bonchev–Trinajstić information content (AvgIpc) is 3.35. The summed E-state index contributed by atoms with van der Waals surface area (Å²) in [5, 5.41) is 3.29. The summed E-state index contributed by atoms with van der Waals surface area (Å²) >= 11 is 1.71. The Morgan fingerprint density at radius 3 is 2.27 bits per heavy atom. The minimum absolute atomic E-state index is 0.0245. The fourth-order valence-corrected chi connectivity index (χ4v) is 4.58. The molecule has 3 amide bonds. The molecule has 30 heavy (non-hydrogen) atoms. The fraction of sp³-hybridized carbons (Fsp3) is 0.455. The Morgan fingerprint density at radius 2 is 1.67 bits per heavy atom. The lowest BCUT2D eigenvalue weighted by molar-refractivity contribution is -0.139. The number of likely N-dealkylation sites (tertiary alicyclic amines) is 1. The van der Waals surface area contributed by atoms with Crippen LogP contribution in [0.15, 0.2) is 29.6 Å². The first-order chi connectivity index (χ1) is 14.5. The van der Waals surface area contributed by atoms with Gasteiger partial charge >= 0.3 is 0 Å². The molecule has 2 aliphatic rings. The molecule has 3 heterocycles. The van der Waals surface area contributed by atoms with Crippen molar-refractivity contribution in [3.8, 4) is 0 Å². The third-order valence-corrected chi connectivity index (χ3v) is 6.69. The van der Waals surface area contributed by atoms with Crippen LogP contribution in [0.4, 0.5) is 0 Å². The quantitative estimate of drug-likeness (QED) is 0.663. The number of aryl methyl sites for hydroxylation is 1. The van der Waals surface area contributed by atoms with Crippen molar-refractivity contribution in [1.29, 1.82) is 0 Å². The molecule has 0 bridgehead atoms. The van der Waals surface area contributed by atoms with E-state index >= 15 is 0 Å². The highest BCUT2D eigenvalue weighted by Crippen LogP contribution is 2.18. The molecule has 2 saturated heterocycles. The van der Waals surface area contributed by atoms with Gasteiger partial charge in [-0.3, -0.25) is 24.2 Å². The van der Waals surface area contributed by atoms with E-state index in [1.807, 2.05) is 17.0 Å². The van der Waals surface area contributed by atoms with Gasteiger partial charge in [-0.1, -0.05) is 19.1 Å². The normalized spacial score (nSPS) is 17.8. The van der Waals surface area contributed by atoms with Gasteiger partial charge in [-0.25, -0.2) is 4.98 Å². The van der Waals surface area contributed by atoms with Crippen LogP contribution < -0.4 is 0 Å². The SMILES string of the molecule is CCc1nc(CN2CCN(C(=O)c3ccc(CN4C(=O)CCC4=O)cc3)CC2)cs1. The van der Waals surface area contributed by atoms with Gasteiger partial charge in [0.15, 0.2) is 0 Å². The van der Waals surface area contributed by atoms with E-state index in [0.29, 0.717) is 31.5 Å². The largest absolute Gasteiger partial charge is 0.336 e. The second-order valence-electron chi connectivity index (χ2n) is 7.73. The van der Waals surface area contributed by atoms with Gasteiger partial charge in [0.05, 0.1) is 17.2 Å². The maximum Gasteiger partial charge on any atom is 0.253 e. The molecule has 2 aliphatic heterocycles. The highest BCUT2D eigenvalue weighted by molar-refractivity contribution is 7.09. The monoisotopic (exact) mass is 426 g/mol. The summed E-state index contributed by atoms with van der Waals surface area (Å²) in [6.45, 7) is 6.29. The van der Waals surface area contributed by atoms with Crippen LogP contribution >= 0.6 is 11.3 Å². The summed E-state index contributed by atoms with van der Waals surface area (Å²) in [7, 11) is 0. The standard InChI is InChI=1S/C22H26N4O3S/c1-2-19-23-18(15-30-19)14-24-9-11-25(12-10-24)22(29)17-5-3-16(4-6-17)13-26-20(27)7-8-21(26)28/h3-6,15H,2,7-14H2,1H3. The highest BCUT2D eigenvalue weighted by Gasteiger charge is 2.29. The summed E-state index contributed by atoms with van der Waals surface area (Å²) in [6.07, 6.45) is 1.56. The lowest BCUT2D eigenvalue weighted by atomic mass is 10.1. The summed E-state index contributed by atoms with van der Waals surface area (Å²) in [5.41, 5.74) is 2.61. The van der Waals surface area contributed by atoms with Gasteiger partial charge in [0, 0.05) is 56.5 Å². The van der Waals surface area contributed by atoms with Crippen molar-refractivity contribution in [3.63, 3.8) is 0 Å². The first-order valence-corrected chi connectivity index (χ1v) is 11.3. The first kappa shape index (κ1) is 20.7. The number of nitrogens with zero attached hydrogens (tertiary/aromatic N) is 4. The molecule has 0 N–H and O–H groups in total. The number of amides is 3. The van der Waals surface area contributed by atoms with Crippen LogP contribution in [-0.4, -0.2) is 63.6 Å². The van der Waals surface area contributed by atoms with E-state index in [9.17, 15) is 14.4 Å². The molecular formula is C22H26N4O3S. The second kappa shape index (κ2) is 9.06. The summed E-state index contributed by atoms with van der Waals surface area (Å²) in [4.78, 5) is 46.5. The van der Waals surface area contributed by atoms with Crippen molar-refractivity contribution in [2.24, 2.45) is 0 Å². The van der Waals surface area contributed by atoms with E-state index in [2.05, 4.69) is 22.2 Å². The summed E-state index contributed by atoms with van der Waals surface area (Å²) < 4.78 is 0. The maximum atomic E-state index is 12.8. The number of thiazole rings is 1. The third-order valence-electron chi connectivity index (χ3n) is 5.64.